The summed E-state index contributed by atoms with van der Waals surface area (Å²) in [6.45, 7) is 1.67. The normalized spacial score (nSPS) is 11.3. The number of imidazole rings is 1. The molecule has 22 heavy (non-hydrogen) atoms. The standard InChI is InChI=1S/C15H17ClN6/c1-21(2)8-7-18-14-13-11(16)4-3-5-12(13)19-15(20-14)22-9-6-17-10-22/h3-6,9-10H,7-8H2,1-2H3,(H,18,19,20). The minimum absolute atomic E-state index is 0.569. The lowest BCUT2D eigenvalue weighted by Crippen LogP contribution is -2.21. The van der Waals surface area contributed by atoms with Crippen molar-refractivity contribution in [3.63, 3.8) is 0 Å². The van der Waals surface area contributed by atoms with Gasteiger partial charge in [0.2, 0.25) is 5.95 Å². The molecule has 0 saturated carbocycles. The fourth-order valence-corrected chi connectivity index (χ4v) is 2.41. The van der Waals surface area contributed by atoms with Crippen molar-refractivity contribution in [2.45, 2.75) is 0 Å². The first-order chi connectivity index (χ1) is 10.6. The first kappa shape index (κ1) is 14.7. The van der Waals surface area contributed by atoms with Crippen LogP contribution in [0, 0.1) is 0 Å². The molecule has 0 aliphatic rings. The van der Waals surface area contributed by atoms with Crippen LogP contribution >= 0.6 is 11.6 Å². The summed E-state index contributed by atoms with van der Waals surface area (Å²) in [6, 6.07) is 5.67. The molecule has 0 fully saturated rings. The number of nitrogens with one attached hydrogen (secondary N) is 1. The summed E-state index contributed by atoms with van der Waals surface area (Å²) in [5, 5.41) is 4.83. The molecule has 0 aliphatic carbocycles. The van der Waals surface area contributed by atoms with E-state index >= 15 is 0 Å². The van der Waals surface area contributed by atoms with Crippen molar-refractivity contribution in [1.82, 2.24) is 24.4 Å². The van der Waals surface area contributed by atoms with Crippen LogP contribution in [0.5, 0.6) is 0 Å². The largest absolute Gasteiger partial charge is 0.368 e. The fraction of sp³-hybridized carbons (Fsp3) is 0.267. The molecule has 3 rings (SSSR count). The van der Waals surface area contributed by atoms with Crippen LogP contribution in [0.1, 0.15) is 0 Å². The molecule has 1 N–H and O–H groups in total. The van der Waals surface area contributed by atoms with Crippen molar-refractivity contribution >= 4 is 28.3 Å². The summed E-state index contributed by atoms with van der Waals surface area (Å²) in [5.41, 5.74) is 0.804. The molecular formula is C15H17ClN6. The molecule has 1 aromatic carbocycles. The van der Waals surface area contributed by atoms with Crippen molar-refractivity contribution in [2.75, 3.05) is 32.5 Å². The van der Waals surface area contributed by atoms with Crippen LogP contribution in [0.15, 0.2) is 36.9 Å². The van der Waals surface area contributed by atoms with E-state index in [1.165, 1.54) is 0 Å². The van der Waals surface area contributed by atoms with E-state index in [0.717, 1.165) is 29.8 Å². The summed E-state index contributed by atoms with van der Waals surface area (Å²) in [7, 11) is 4.06. The van der Waals surface area contributed by atoms with Crippen LogP contribution in [0.2, 0.25) is 5.02 Å². The molecule has 0 aliphatic heterocycles. The van der Waals surface area contributed by atoms with Gasteiger partial charge in [-0.2, -0.15) is 4.98 Å². The summed E-state index contributed by atoms with van der Waals surface area (Å²) in [5.74, 6) is 1.31. The lowest BCUT2D eigenvalue weighted by atomic mass is 10.2. The van der Waals surface area contributed by atoms with Gasteiger partial charge in [-0.15, -0.1) is 0 Å². The molecule has 0 spiro atoms. The van der Waals surface area contributed by atoms with Crippen molar-refractivity contribution < 1.29 is 0 Å². The molecule has 3 aromatic rings. The van der Waals surface area contributed by atoms with E-state index in [1.807, 2.05) is 38.5 Å². The van der Waals surface area contributed by atoms with Crippen LogP contribution in [-0.4, -0.2) is 51.6 Å². The van der Waals surface area contributed by atoms with E-state index in [-0.39, 0.29) is 0 Å². The van der Waals surface area contributed by atoms with E-state index in [2.05, 4.69) is 25.2 Å². The molecule has 0 unspecified atom stereocenters. The number of anilines is 1. The maximum Gasteiger partial charge on any atom is 0.237 e. The highest BCUT2D eigenvalue weighted by atomic mass is 35.5. The van der Waals surface area contributed by atoms with Crippen molar-refractivity contribution in [3.05, 3.63) is 41.9 Å². The van der Waals surface area contributed by atoms with Gasteiger partial charge in [-0.1, -0.05) is 17.7 Å². The van der Waals surface area contributed by atoms with Gasteiger partial charge in [0.15, 0.2) is 0 Å². The quantitative estimate of drug-likeness (QED) is 0.783. The number of hydrogen-bond acceptors (Lipinski definition) is 5. The van der Waals surface area contributed by atoms with Gasteiger partial charge >= 0.3 is 0 Å². The van der Waals surface area contributed by atoms with E-state index in [9.17, 15) is 0 Å². The van der Waals surface area contributed by atoms with E-state index in [1.54, 1.807) is 17.1 Å². The minimum Gasteiger partial charge on any atom is -0.368 e. The Bertz CT molecular complexity index is 769. The van der Waals surface area contributed by atoms with Crippen LogP contribution in [0.25, 0.3) is 16.9 Å². The number of fused-ring (bicyclic) bond motifs is 1. The third-order valence-electron chi connectivity index (χ3n) is 3.25. The maximum absolute atomic E-state index is 6.33. The number of likely N-dealkylation sites (N-methyl/N-ethyl adjacent to an activating group) is 1. The van der Waals surface area contributed by atoms with Crippen LogP contribution in [0.4, 0.5) is 5.82 Å². The highest BCUT2D eigenvalue weighted by molar-refractivity contribution is 6.36. The highest BCUT2D eigenvalue weighted by Crippen LogP contribution is 2.28. The second-order valence-electron chi connectivity index (χ2n) is 5.21. The first-order valence-electron chi connectivity index (χ1n) is 6.98. The summed E-state index contributed by atoms with van der Waals surface area (Å²) >= 11 is 6.33. The smallest absolute Gasteiger partial charge is 0.237 e. The monoisotopic (exact) mass is 316 g/mol. The zero-order valence-corrected chi connectivity index (χ0v) is 13.2. The lowest BCUT2D eigenvalue weighted by Gasteiger charge is -2.14. The third kappa shape index (κ3) is 3.03. The van der Waals surface area contributed by atoms with Crippen LogP contribution in [-0.2, 0) is 0 Å². The Kier molecular flexibility index (Phi) is 4.22. The lowest BCUT2D eigenvalue weighted by molar-refractivity contribution is 0.425. The van der Waals surface area contributed by atoms with Gasteiger partial charge in [-0.05, 0) is 26.2 Å². The second kappa shape index (κ2) is 6.29. The Morgan fingerprint density at radius 3 is 2.86 bits per heavy atom. The molecule has 0 bridgehead atoms. The van der Waals surface area contributed by atoms with E-state index < -0.39 is 0 Å². The van der Waals surface area contributed by atoms with Crippen molar-refractivity contribution in [3.8, 4) is 5.95 Å². The predicted molar refractivity (Wildman–Crippen MR) is 88.7 cm³/mol. The summed E-state index contributed by atoms with van der Waals surface area (Å²) in [4.78, 5) is 15.3. The Labute approximate surface area is 133 Å². The van der Waals surface area contributed by atoms with E-state index in [4.69, 9.17) is 11.6 Å². The number of hydrogen-bond donors (Lipinski definition) is 1. The molecule has 0 saturated heterocycles. The topological polar surface area (TPSA) is 58.9 Å². The molecule has 0 atom stereocenters. The van der Waals surface area contributed by atoms with Gasteiger partial charge in [0.25, 0.3) is 0 Å². The van der Waals surface area contributed by atoms with Crippen molar-refractivity contribution in [2.24, 2.45) is 0 Å². The zero-order valence-electron chi connectivity index (χ0n) is 12.5. The zero-order chi connectivity index (χ0) is 15.5. The maximum atomic E-state index is 6.33. The third-order valence-corrected chi connectivity index (χ3v) is 3.56. The summed E-state index contributed by atoms with van der Waals surface area (Å²) in [6.07, 6.45) is 5.19. The Balaban J connectivity index is 2.06. The molecule has 7 heteroatoms. The minimum atomic E-state index is 0.569. The van der Waals surface area contributed by atoms with Gasteiger partial charge in [0.1, 0.15) is 12.1 Å². The van der Waals surface area contributed by atoms with Gasteiger partial charge in [0, 0.05) is 25.5 Å². The molecule has 0 radical (unpaired) electrons. The van der Waals surface area contributed by atoms with Gasteiger partial charge in [-0.25, -0.2) is 9.97 Å². The molecule has 2 aromatic heterocycles. The average molecular weight is 317 g/mol. The number of nitrogens with zero attached hydrogens (tertiary/aromatic N) is 5. The number of benzene rings is 1. The number of rotatable bonds is 5. The molecule has 114 valence electrons. The number of aromatic nitrogens is 4. The first-order valence-corrected chi connectivity index (χ1v) is 7.36. The molecule has 2 heterocycles. The molecular weight excluding hydrogens is 300 g/mol. The Morgan fingerprint density at radius 1 is 1.27 bits per heavy atom. The highest BCUT2D eigenvalue weighted by Gasteiger charge is 2.11. The Hall–Kier alpha value is -2.18. The van der Waals surface area contributed by atoms with Crippen LogP contribution < -0.4 is 5.32 Å². The van der Waals surface area contributed by atoms with Gasteiger partial charge in [-0.3, -0.25) is 4.57 Å². The van der Waals surface area contributed by atoms with Crippen LogP contribution in [0.3, 0.4) is 0 Å². The average Bonchev–Trinajstić information content (AvgIpc) is 3.00. The SMILES string of the molecule is CN(C)CCNc1nc(-n2ccnc2)nc2cccc(Cl)c12. The number of halogens is 1. The van der Waals surface area contributed by atoms with Crippen molar-refractivity contribution in [1.29, 1.82) is 0 Å². The molecule has 0 amide bonds. The fourth-order valence-electron chi connectivity index (χ4n) is 2.15. The van der Waals surface area contributed by atoms with E-state index in [0.29, 0.717) is 11.0 Å². The van der Waals surface area contributed by atoms with Gasteiger partial charge < -0.3 is 10.2 Å². The molecule has 6 nitrogen and oxygen atoms in total. The Morgan fingerprint density at radius 2 is 2.14 bits per heavy atom. The predicted octanol–water partition coefficient (Wildman–Crippen LogP) is 2.44. The van der Waals surface area contributed by atoms with Gasteiger partial charge in [0.05, 0.1) is 15.9 Å². The second-order valence-corrected chi connectivity index (χ2v) is 5.61. The summed E-state index contributed by atoms with van der Waals surface area (Å²) < 4.78 is 1.78.